The normalized spacial score (nSPS) is 25.2. The molecule has 0 radical (unpaired) electrons. The van der Waals surface area contributed by atoms with Crippen molar-refractivity contribution in [2.24, 2.45) is 0 Å². The molecular formula is C10H20N2O2. The van der Waals surface area contributed by atoms with E-state index in [4.69, 9.17) is 5.11 Å². The molecule has 0 bridgehead atoms. The number of amides is 1. The molecule has 1 rings (SSSR count). The molecule has 1 fully saturated rings. The second-order valence-electron chi connectivity index (χ2n) is 4.97. The van der Waals surface area contributed by atoms with Crippen LogP contribution < -0.4 is 5.32 Å². The molecule has 1 heterocycles. The zero-order valence-corrected chi connectivity index (χ0v) is 9.42. The van der Waals surface area contributed by atoms with Crippen LogP contribution >= 0.6 is 0 Å². The van der Waals surface area contributed by atoms with Crippen molar-refractivity contribution in [1.82, 2.24) is 10.2 Å². The SMILES string of the molecule is CC1(C)NCC(C)(C)N(CCO)C1=O. The van der Waals surface area contributed by atoms with E-state index in [1.54, 1.807) is 4.90 Å². The second-order valence-corrected chi connectivity index (χ2v) is 4.97. The summed E-state index contributed by atoms with van der Waals surface area (Å²) in [4.78, 5) is 13.8. The summed E-state index contributed by atoms with van der Waals surface area (Å²) >= 11 is 0. The van der Waals surface area contributed by atoms with E-state index in [-0.39, 0.29) is 18.1 Å². The van der Waals surface area contributed by atoms with Crippen molar-refractivity contribution in [3.8, 4) is 0 Å². The van der Waals surface area contributed by atoms with Crippen LogP contribution in [-0.4, -0.2) is 46.7 Å². The predicted octanol–water partition coefficient (Wildman–Crippen LogP) is -0.0323. The van der Waals surface area contributed by atoms with E-state index in [1.807, 2.05) is 27.7 Å². The molecule has 82 valence electrons. The van der Waals surface area contributed by atoms with Gasteiger partial charge in [-0.1, -0.05) is 0 Å². The van der Waals surface area contributed by atoms with Gasteiger partial charge in [0.05, 0.1) is 12.1 Å². The molecule has 0 aliphatic carbocycles. The maximum Gasteiger partial charge on any atom is 0.242 e. The molecule has 0 saturated carbocycles. The van der Waals surface area contributed by atoms with Gasteiger partial charge in [0.15, 0.2) is 0 Å². The van der Waals surface area contributed by atoms with Gasteiger partial charge >= 0.3 is 0 Å². The van der Waals surface area contributed by atoms with Gasteiger partial charge in [-0.05, 0) is 27.7 Å². The van der Waals surface area contributed by atoms with Gasteiger partial charge in [0.25, 0.3) is 0 Å². The summed E-state index contributed by atoms with van der Waals surface area (Å²) in [6.07, 6.45) is 0. The average Bonchev–Trinajstić information content (AvgIpc) is 2.08. The standard InChI is InChI=1S/C10H20N2O2/c1-9(2)7-11-10(3,4)8(14)12(9)5-6-13/h11,13H,5-7H2,1-4H3. The molecule has 4 nitrogen and oxygen atoms in total. The zero-order chi connectivity index (χ0) is 11.0. The number of carbonyl (C=O) groups excluding carboxylic acids is 1. The smallest absolute Gasteiger partial charge is 0.242 e. The monoisotopic (exact) mass is 200 g/mol. The van der Waals surface area contributed by atoms with Crippen molar-refractivity contribution >= 4 is 5.91 Å². The molecule has 1 amide bonds. The van der Waals surface area contributed by atoms with Gasteiger partial charge in [-0.15, -0.1) is 0 Å². The van der Waals surface area contributed by atoms with Gasteiger partial charge in [0.1, 0.15) is 0 Å². The van der Waals surface area contributed by atoms with Crippen LogP contribution in [0.4, 0.5) is 0 Å². The number of nitrogens with one attached hydrogen (secondary N) is 1. The molecule has 0 aromatic rings. The van der Waals surface area contributed by atoms with Gasteiger partial charge < -0.3 is 15.3 Å². The molecule has 0 spiro atoms. The highest BCUT2D eigenvalue weighted by molar-refractivity contribution is 5.87. The van der Waals surface area contributed by atoms with E-state index in [1.165, 1.54) is 0 Å². The minimum Gasteiger partial charge on any atom is -0.395 e. The predicted molar refractivity (Wildman–Crippen MR) is 55.0 cm³/mol. The minimum atomic E-state index is -0.509. The van der Waals surface area contributed by atoms with Crippen molar-refractivity contribution < 1.29 is 9.90 Å². The van der Waals surface area contributed by atoms with E-state index in [0.29, 0.717) is 6.54 Å². The number of β-amino-alcohol motifs (C(OH)–C–C–N with tert-alkyl or cyclic N) is 1. The lowest BCUT2D eigenvalue weighted by atomic mass is 9.91. The van der Waals surface area contributed by atoms with E-state index in [9.17, 15) is 4.79 Å². The molecular weight excluding hydrogens is 180 g/mol. The number of nitrogens with zero attached hydrogens (tertiary/aromatic N) is 1. The third-order valence-corrected chi connectivity index (χ3v) is 2.80. The van der Waals surface area contributed by atoms with Crippen LogP contribution in [0.2, 0.25) is 0 Å². The van der Waals surface area contributed by atoms with Gasteiger partial charge in [-0.3, -0.25) is 4.79 Å². The highest BCUT2D eigenvalue weighted by atomic mass is 16.3. The van der Waals surface area contributed by atoms with E-state index in [0.717, 1.165) is 6.54 Å². The zero-order valence-electron chi connectivity index (χ0n) is 9.42. The Bertz CT molecular complexity index is 236. The number of hydrogen-bond acceptors (Lipinski definition) is 3. The first-order chi connectivity index (χ1) is 6.31. The topological polar surface area (TPSA) is 52.6 Å². The highest BCUT2D eigenvalue weighted by Crippen LogP contribution is 2.23. The average molecular weight is 200 g/mol. The summed E-state index contributed by atoms with van der Waals surface area (Å²) in [6.45, 7) is 8.93. The number of hydrogen-bond donors (Lipinski definition) is 2. The summed E-state index contributed by atoms with van der Waals surface area (Å²) < 4.78 is 0. The van der Waals surface area contributed by atoms with Crippen LogP contribution in [0.1, 0.15) is 27.7 Å². The molecule has 1 aliphatic rings. The summed E-state index contributed by atoms with van der Waals surface area (Å²) in [5.74, 6) is 0.0581. The van der Waals surface area contributed by atoms with Crippen molar-refractivity contribution in [1.29, 1.82) is 0 Å². The fourth-order valence-electron chi connectivity index (χ4n) is 1.72. The summed E-state index contributed by atoms with van der Waals surface area (Å²) in [6, 6.07) is 0. The molecule has 0 aromatic carbocycles. The van der Waals surface area contributed by atoms with E-state index >= 15 is 0 Å². The second kappa shape index (κ2) is 3.51. The lowest BCUT2D eigenvalue weighted by molar-refractivity contribution is -0.148. The third kappa shape index (κ3) is 1.91. The van der Waals surface area contributed by atoms with Crippen molar-refractivity contribution in [3.63, 3.8) is 0 Å². The Morgan fingerprint density at radius 1 is 1.43 bits per heavy atom. The molecule has 1 aliphatic heterocycles. The van der Waals surface area contributed by atoms with Crippen molar-refractivity contribution in [2.45, 2.75) is 38.8 Å². The Labute approximate surface area is 85.3 Å². The van der Waals surface area contributed by atoms with Crippen LogP contribution in [0.15, 0.2) is 0 Å². The lowest BCUT2D eigenvalue weighted by Gasteiger charge is -2.48. The Balaban J connectivity index is 2.88. The highest BCUT2D eigenvalue weighted by Gasteiger charge is 2.43. The van der Waals surface area contributed by atoms with Crippen molar-refractivity contribution in [2.75, 3.05) is 19.7 Å². The quantitative estimate of drug-likeness (QED) is 0.658. The van der Waals surface area contributed by atoms with Crippen LogP contribution in [-0.2, 0) is 4.79 Å². The fourth-order valence-corrected chi connectivity index (χ4v) is 1.72. The Morgan fingerprint density at radius 2 is 2.00 bits per heavy atom. The maximum atomic E-state index is 12.0. The maximum absolute atomic E-state index is 12.0. The molecule has 0 atom stereocenters. The number of carbonyl (C=O) groups is 1. The summed E-state index contributed by atoms with van der Waals surface area (Å²) in [7, 11) is 0. The first kappa shape index (κ1) is 11.5. The first-order valence-electron chi connectivity index (χ1n) is 4.99. The summed E-state index contributed by atoms with van der Waals surface area (Å²) in [5, 5.41) is 12.1. The van der Waals surface area contributed by atoms with Gasteiger partial charge in [0, 0.05) is 18.6 Å². The van der Waals surface area contributed by atoms with Crippen LogP contribution in [0.25, 0.3) is 0 Å². The Morgan fingerprint density at radius 3 is 2.50 bits per heavy atom. The van der Waals surface area contributed by atoms with E-state index < -0.39 is 5.54 Å². The minimum absolute atomic E-state index is 0.0191. The molecule has 0 unspecified atom stereocenters. The van der Waals surface area contributed by atoms with Crippen molar-refractivity contribution in [3.05, 3.63) is 0 Å². The Kier molecular flexibility index (Phi) is 2.88. The lowest BCUT2D eigenvalue weighted by Crippen LogP contribution is -2.69. The Hall–Kier alpha value is -0.610. The molecule has 1 saturated heterocycles. The number of aliphatic hydroxyl groups excluding tert-OH is 1. The molecule has 2 N–H and O–H groups in total. The molecule has 14 heavy (non-hydrogen) atoms. The summed E-state index contributed by atoms with van der Waals surface area (Å²) in [5.41, 5.74) is -0.722. The van der Waals surface area contributed by atoms with E-state index in [2.05, 4.69) is 5.32 Å². The number of rotatable bonds is 2. The van der Waals surface area contributed by atoms with Gasteiger partial charge in [-0.2, -0.15) is 0 Å². The fraction of sp³-hybridized carbons (Fsp3) is 0.900. The molecule has 4 heteroatoms. The van der Waals surface area contributed by atoms with Crippen LogP contribution in [0.3, 0.4) is 0 Å². The number of aliphatic hydroxyl groups is 1. The molecule has 0 aromatic heterocycles. The third-order valence-electron chi connectivity index (χ3n) is 2.80. The van der Waals surface area contributed by atoms with Gasteiger partial charge in [0.2, 0.25) is 5.91 Å². The van der Waals surface area contributed by atoms with Crippen LogP contribution in [0.5, 0.6) is 0 Å². The van der Waals surface area contributed by atoms with Gasteiger partial charge in [-0.25, -0.2) is 0 Å². The largest absolute Gasteiger partial charge is 0.395 e. The number of piperazine rings is 1. The van der Waals surface area contributed by atoms with Crippen LogP contribution in [0, 0.1) is 0 Å². The first-order valence-corrected chi connectivity index (χ1v) is 4.99.